The Labute approximate surface area is 125 Å². The number of rotatable bonds is 3. The number of fused-ring (bicyclic) bond motifs is 1. The first-order chi connectivity index (χ1) is 10.2. The summed E-state index contributed by atoms with van der Waals surface area (Å²) in [6.07, 6.45) is 11.6. The van der Waals surface area contributed by atoms with Gasteiger partial charge in [-0.2, -0.15) is 0 Å². The van der Waals surface area contributed by atoms with Crippen LogP contribution < -0.4 is 11.1 Å². The molecule has 3 rings (SSSR count). The first kappa shape index (κ1) is 14.1. The number of para-hydroxylation sites is 1. The molecule has 1 aromatic rings. The van der Waals surface area contributed by atoms with Gasteiger partial charge in [0.25, 0.3) is 0 Å². The number of hydrogen-bond donors (Lipinski definition) is 3. The highest BCUT2D eigenvalue weighted by atomic mass is 16.3. The van der Waals surface area contributed by atoms with Crippen LogP contribution in [0.5, 0.6) is 5.75 Å². The number of allylic oxidation sites excluding steroid dienone is 3. The quantitative estimate of drug-likeness (QED) is 0.799. The molecule has 3 heteroatoms. The fraction of sp³-hybridized carbons (Fsp3) is 0.333. The molecule has 0 heterocycles. The number of nitrogens with two attached hydrogens (primary N) is 1. The first-order valence-electron chi connectivity index (χ1n) is 7.51. The number of nitrogens with one attached hydrogen (secondary N) is 1. The zero-order chi connectivity index (χ0) is 14.8. The molecule has 3 nitrogen and oxygen atoms in total. The Hall–Kier alpha value is -1.84. The molecule has 4 atom stereocenters. The molecule has 1 aromatic carbocycles. The molecule has 0 amide bonds. The molecule has 4 N–H and O–H groups in total. The van der Waals surface area contributed by atoms with E-state index in [1.807, 2.05) is 24.3 Å². The average molecular weight is 282 g/mol. The van der Waals surface area contributed by atoms with E-state index in [4.69, 9.17) is 5.73 Å². The fourth-order valence-corrected chi connectivity index (χ4v) is 3.35. The van der Waals surface area contributed by atoms with Gasteiger partial charge in [0.2, 0.25) is 0 Å². The maximum atomic E-state index is 9.99. The van der Waals surface area contributed by atoms with Gasteiger partial charge in [-0.25, -0.2) is 0 Å². The van der Waals surface area contributed by atoms with Crippen LogP contribution in [0, 0.1) is 5.92 Å². The van der Waals surface area contributed by atoms with Gasteiger partial charge < -0.3 is 16.2 Å². The molecule has 21 heavy (non-hydrogen) atoms. The summed E-state index contributed by atoms with van der Waals surface area (Å²) in [4.78, 5) is 0. The SMILES string of the molecule is CC(NC1CC=CC2=CC=CC(N)C21)c1ccccc1O. The molecule has 0 spiro atoms. The Balaban J connectivity index is 1.79. The lowest BCUT2D eigenvalue weighted by Gasteiger charge is -2.37. The summed E-state index contributed by atoms with van der Waals surface area (Å²) in [7, 11) is 0. The molecule has 110 valence electrons. The zero-order valence-corrected chi connectivity index (χ0v) is 12.2. The van der Waals surface area contributed by atoms with E-state index in [-0.39, 0.29) is 18.1 Å². The summed E-state index contributed by atoms with van der Waals surface area (Å²) in [5.74, 6) is 0.640. The van der Waals surface area contributed by atoms with Crippen LogP contribution in [-0.2, 0) is 0 Å². The maximum absolute atomic E-state index is 9.99. The maximum Gasteiger partial charge on any atom is 0.120 e. The number of phenolic OH excluding ortho intramolecular Hbond substituents is 1. The lowest BCUT2D eigenvalue weighted by Crippen LogP contribution is -2.47. The van der Waals surface area contributed by atoms with Crippen LogP contribution in [0.3, 0.4) is 0 Å². The van der Waals surface area contributed by atoms with E-state index in [0.29, 0.717) is 11.7 Å². The minimum Gasteiger partial charge on any atom is -0.508 e. The van der Waals surface area contributed by atoms with E-state index in [1.165, 1.54) is 5.57 Å². The molecule has 0 aromatic heterocycles. The van der Waals surface area contributed by atoms with E-state index in [2.05, 4.69) is 36.5 Å². The van der Waals surface area contributed by atoms with Gasteiger partial charge in [-0.15, -0.1) is 0 Å². The highest BCUT2D eigenvalue weighted by Crippen LogP contribution is 2.32. The predicted molar refractivity (Wildman–Crippen MR) is 85.9 cm³/mol. The van der Waals surface area contributed by atoms with Crippen molar-refractivity contribution in [2.45, 2.75) is 31.5 Å². The molecular formula is C18H22N2O. The number of hydrogen-bond acceptors (Lipinski definition) is 3. The summed E-state index contributed by atoms with van der Waals surface area (Å²) < 4.78 is 0. The van der Waals surface area contributed by atoms with Crippen molar-refractivity contribution >= 4 is 0 Å². The van der Waals surface area contributed by atoms with Crippen molar-refractivity contribution in [2.24, 2.45) is 11.7 Å². The second-order valence-electron chi connectivity index (χ2n) is 5.85. The van der Waals surface area contributed by atoms with Gasteiger partial charge in [0.1, 0.15) is 5.75 Å². The van der Waals surface area contributed by atoms with Crippen molar-refractivity contribution in [2.75, 3.05) is 0 Å². The third-order valence-electron chi connectivity index (χ3n) is 4.42. The largest absolute Gasteiger partial charge is 0.508 e. The smallest absolute Gasteiger partial charge is 0.120 e. The van der Waals surface area contributed by atoms with Gasteiger partial charge in [0.15, 0.2) is 0 Å². The van der Waals surface area contributed by atoms with E-state index < -0.39 is 0 Å². The molecule has 0 saturated heterocycles. The van der Waals surface area contributed by atoms with Crippen LogP contribution >= 0.6 is 0 Å². The molecule has 0 bridgehead atoms. The topological polar surface area (TPSA) is 58.3 Å². The van der Waals surface area contributed by atoms with E-state index in [1.54, 1.807) is 6.07 Å². The Morgan fingerprint density at radius 1 is 1.33 bits per heavy atom. The van der Waals surface area contributed by atoms with E-state index >= 15 is 0 Å². The minimum atomic E-state index is 0.0454. The standard InChI is InChI=1S/C18H22N2O/c1-12(14-8-2-3-11-17(14)21)20-16-10-5-7-13-6-4-9-15(19)18(13)16/h2-9,11-12,15-16,18,20-21H,10,19H2,1H3. The Morgan fingerprint density at radius 3 is 2.95 bits per heavy atom. The van der Waals surface area contributed by atoms with Crippen LogP contribution in [-0.4, -0.2) is 17.2 Å². The summed E-state index contributed by atoms with van der Waals surface area (Å²) in [6.45, 7) is 2.08. The summed E-state index contributed by atoms with van der Waals surface area (Å²) in [5.41, 5.74) is 8.49. The van der Waals surface area contributed by atoms with Gasteiger partial charge in [0, 0.05) is 29.6 Å². The fourth-order valence-electron chi connectivity index (χ4n) is 3.35. The van der Waals surface area contributed by atoms with Gasteiger partial charge in [-0.05, 0) is 25.0 Å². The summed E-state index contributed by atoms with van der Waals surface area (Å²) >= 11 is 0. The second kappa shape index (κ2) is 5.88. The highest BCUT2D eigenvalue weighted by Gasteiger charge is 2.32. The molecule has 0 saturated carbocycles. The van der Waals surface area contributed by atoms with Gasteiger partial charge >= 0.3 is 0 Å². The normalized spacial score (nSPS) is 28.9. The van der Waals surface area contributed by atoms with Crippen LogP contribution in [0.4, 0.5) is 0 Å². The molecule has 4 unspecified atom stereocenters. The minimum absolute atomic E-state index is 0.0454. The third-order valence-corrected chi connectivity index (χ3v) is 4.42. The second-order valence-corrected chi connectivity index (χ2v) is 5.85. The van der Waals surface area contributed by atoms with Crippen LogP contribution in [0.2, 0.25) is 0 Å². The lowest BCUT2D eigenvalue weighted by molar-refractivity contribution is 0.332. The van der Waals surface area contributed by atoms with Gasteiger partial charge in [0.05, 0.1) is 0 Å². The van der Waals surface area contributed by atoms with Gasteiger partial charge in [-0.1, -0.05) is 48.6 Å². The van der Waals surface area contributed by atoms with E-state index in [9.17, 15) is 5.11 Å². The summed E-state index contributed by atoms with van der Waals surface area (Å²) in [6, 6.07) is 7.91. The van der Waals surface area contributed by atoms with Crippen LogP contribution in [0.15, 0.2) is 60.2 Å². The molecule has 0 aliphatic heterocycles. The number of phenols is 1. The Kier molecular flexibility index (Phi) is 3.95. The predicted octanol–water partition coefficient (Wildman–Crippen LogP) is 2.81. The van der Waals surface area contributed by atoms with Crippen molar-refractivity contribution in [3.63, 3.8) is 0 Å². The van der Waals surface area contributed by atoms with Crippen molar-refractivity contribution in [1.82, 2.24) is 5.32 Å². The molecule has 0 radical (unpaired) electrons. The highest BCUT2D eigenvalue weighted by molar-refractivity contribution is 5.38. The van der Waals surface area contributed by atoms with Crippen molar-refractivity contribution < 1.29 is 5.11 Å². The zero-order valence-electron chi connectivity index (χ0n) is 12.2. The molecule has 2 aliphatic rings. The Bertz CT molecular complexity index is 603. The number of benzene rings is 1. The van der Waals surface area contributed by atoms with Crippen molar-refractivity contribution in [3.05, 3.63) is 65.8 Å². The van der Waals surface area contributed by atoms with E-state index in [0.717, 1.165) is 12.0 Å². The summed E-state index contributed by atoms with van der Waals surface area (Å²) in [5, 5.41) is 13.6. The molecule has 2 aliphatic carbocycles. The molecular weight excluding hydrogens is 260 g/mol. The van der Waals surface area contributed by atoms with Crippen LogP contribution in [0.1, 0.15) is 24.9 Å². The van der Waals surface area contributed by atoms with Crippen molar-refractivity contribution in [3.8, 4) is 5.75 Å². The Morgan fingerprint density at radius 2 is 2.14 bits per heavy atom. The van der Waals surface area contributed by atoms with Crippen LogP contribution in [0.25, 0.3) is 0 Å². The average Bonchev–Trinajstić information content (AvgIpc) is 2.48. The van der Waals surface area contributed by atoms with Gasteiger partial charge in [-0.3, -0.25) is 0 Å². The van der Waals surface area contributed by atoms with Crippen molar-refractivity contribution in [1.29, 1.82) is 0 Å². The first-order valence-corrected chi connectivity index (χ1v) is 7.51. The molecule has 0 fully saturated rings. The third kappa shape index (κ3) is 2.80. The number of aromatic hydroxyl groups is 1. The lowest BCUT2D eigenvalue weighted by atomic mass is 9.77. The monoisotopic (exact) mass is 282 g/mol.